The van der Waals surface area contributed by atoms with Crippen LogP contribution in [0.3, 0.4) is 0 Å². The third-order valence-corrected chi connectivity index (χ3v) is 0.707. The second kappa shape index (κ2) is 5.94. The van der Waals surface area contributed by atoms with Gasteiger partial charge in [-0.1, -0.05) is 0 Å². The van der Waals surface area contributed by atoms with Gasteiger partial charge in [0.15, 0.2) is 0 Å². The molecule has 1 radical (unpaired) electrons. The molecule has 0 aromatic rings. The third-order valence-electron chi connectivity index (χ3n) is 0.707. The topological polar surface area (TPSA) is 52.5 Å². The van der Waals surface area contributed by atoms with E-state index in [1.165, 1.54) is 19.5 Å². The highest BCUT2D eigenvalue weighted by Crippen LogP contribution is 1.80. The van der Waals surface area contributed by atoms with E-state index in [1.807, 2.05) is 0 Å². The molecule has 0 spiro atoms. The third kappa shape index (κ3) is 5.94. The van der Waals surface area contributed by atoms with E-state index in [4.69, 9.17) is 10.0 Å². The summed E-state index contributed by atoms with van der Waals surface area (Å²) in [5.41, 5.74) is 0. The lowest BCUT2D eigenvalue weighted by Gasteiger charge is -2.09. The van der Waals surface area contributed by atoms with Crippen molar-refractivity contribution in [2.24, 2.45) is 0 Å². The molecule has 41 valence electrons. The lowest BCUT2D eigenvalue weighted by Crippen LogP contribution is -2.29. The first-order valence-corrected chi connectivity index (χ1v) is 2.22. The molecule has 1 heterocycles. The molecule has 3 nitrogen and oxygen atoms in total. The first kappa shape index (κ1) is 6.94. The van der Waals surface area contributed by atoms with E-state index in [-0.39, 0.29) is 7.69 Å². The Bertz CT molecular complexity index is 28.1. The fourth-order valence-electron chi connectivity index (χ4n) is 0.177. The van der Waals surface area contributed by atoms with Crippen LogP contribution >= 0.6 is 0 Å². The van der Waals surface area contributed by atoms with Gasteiger partial charge in [0, 0.05) is 0 Å². The maximum Gasteiger partial charge on any atom is 0.482 e. The Morgan fingerprint density at radius 2 is 1.43 bits per heavy atom. The molecule has 4 heteroatoms. The lowest BCUT2D eigenvalue weighted by molar-refractivity contribution is 0.448. The highest BCUT2D eigenvalue weighted by molar-refractivity contribution is 6.13. The van der Waals surface area contributed by atoms with Crippen LogP contribution < -0.4 is 5.32 Å². The lowest BCUT2D eigenvalue weighted by atomic mass is 10.3. The molecule has 3 N–H and O–H groups in total. The minimum atomic E-state index is 0. The van der Waals surface area contributed by atoms with Gasteiger partial charge >= 0.3 is 7.69 Å². The summed E-state index contributed by atoms with van der Waals surface area (Å²) in [6.07, 6.45) is 1.39. The van der Waals surface area contributed by atoms with Crippen LogP contribution in [-0.2, 0) is 0 Å². The molecule has 1 fully saturated rings. The number of hydrogen-bond acceptors (Lipinski definition) is 3. The van der Waals surface area contributed by atoms with Crippen LogP contribution in [0.15, 0.2) is 0 Å². The van der Waals surface area contributed by atoms with Crippen molar-refractivity contribution in [3.05, 3.63) is 0 Å². The van der Waals surface area contributed by atoms with Gasteiger partial charge in [0.05, 0.1) is 0 Å². The number of hydrogen-bond donors (Lipinski definition) is 3. The van der Waals surface area contributed by atoms with Crippen LogP contribution in [0.4, 0.5) is 0 Å². The van der Waals surface area contributed by atoms with Crippen molar-refractivity contribution in [3.8, 4) is 0 Å². The summed E-state index contributed by atoms with van der Waals surface area (Å²) in [4.78, 5) is 0. The number of nitrogens with one attached hydrogen (secondary N) is 1. The summed E-state index contributed by atoms with van der Waals surface area (Å²) in [5, 5.41) is 17.1. The summed E-state index contributed by atoms with van der Waals surface area (Å²) in [7, 11) is 0. The zero-order chi connectivity index (χ0) is 5.54. The molecule has 0 atom stereocenters. The Labute approximate surface area is 43.7 Å². The van der Waals surface area contributed by atoms with Gasteiger partial charge in [-0.05, 0) is 19.5 Å². The van der Waals surface area contributed by atoms with E-state index >= 15 is 0 Å². The summed E-state index contributed by atoms with van der Waals surface area (Å²) in [6, 6.07) is 0. The fraction of sp³-hybridized carbons (Fsp3) is 1.00. The minimum Gasteiger partial charge on any atom is -0.429 e. The Kier molecular flexibility index (Phi) is 5.90. The molecule has 0 amide bonds. The molecule has 0 bridgehead atoms. The molecule has 0 unspecified atom stereocenters. The number of rotatable bonds is 0. The van der Waals surface area contributed by atoms with Crippen LogP contribution in [0.5, 0.6) is 0 Å². The fourth-order valence-corrected chi connectivity index (χ4v) is 0.177. The maximum atomic E-state index is 7.00. The van der Waals surface area contributed by atoms with Gasteiger partial charge in [-0.2, -0.15) is 0 Å². The molecule has 0 aliphatic carbocycles. The van der Waals surface area contributed by atoms with Gasteiger partial charge in [0.2, 0.25) is 0 Å². The first-order valence-electron chi connectivity index (χ1n) is 2.22. The molecule has 1 saturated heterocycles. The molecule has 0 aromatic heterocycles. The average Bonchev–Trinajstić information content (AvgIpc) is 1.27. The van der Waals surface area contributed by atoms with Crippen molar-refractivity contribution >= 4 is 7.69 Å². The second-order valence-corrected chi connectivity index (χ2v) is 1.22. The Balaban J connectivity index is 0.000000110. The highest BCUT2D eigenvalue weighted by atomic mass is 16.4. The van der Waals surface area contributed by atoms with Crippen LogP contribution in [-0.4, -0.2) is 30.8 Å². The molecular weight excluding hydrogens is 92.8 g/mol. The SMILES string of the molecule is C1CNC1.O[B]O. The van der Waals surface area contributed by atoms with Crippen LogP contribution in [0.1, 0.15) is 6.42 Å². The smallest absolute Gasteiger partial charge is 0.429 e. The monoisotopic (exact) mass is 102 g/mol. The van der Waals surface area contributed by atoms with Gasteiger partial charge in [-0.25, -0.2) is 0 Å². The highest BCUT2D eigenvalue weighted by Gasteiger charge is 1.92. The van der Waals surface area contributed by atoms with E-state index in [0.717, 1.165) is 0 Å². The standard InChI is InChI=1S/C3H7N.BH2O2/c1-2-4-3-1;2-1-3/h4H,1-3H2;2-3H. The van der Waals surface area contributed by atoms with Gasteiger partial charge in [-0.15, -0.1) is 0 Å². The predicted molar refractivity (Wildman–Crippen MR) is 27.7 cm³/mol. The predicted octanol–water partition coefficient (Wildman–Crippen LogP) is -1.52. The van der Waals surface area contributed by atoms with Crippen molar-refractivity contribution in [2.45, 2.75) is 6.42 Å². The zero-order valence-corrected chi connectivity index (χ0v) is 4.09. The Morgan fingerprint density at radius 1 is 1.29 bits per heavy atom. The summed E-state index contributed by atoms with van der Waals surface area (Å²) in [5.74, 6) is 0. The van der Waals surface area contributed by atoms with Gasteiger partial charge < -0.3 is 15.4 Å². The quantitative estimate of drug-likeness (QED) is 0.326. The molecule has 1 rings (SSSR count). The summed E-state index contributed by atoms with van der Waals surface area (Å²) < 4.78 is 0. The van der Waals surface area contributed by atoms with Crippen molar-refractivity contribution in [1.29, 1.82) is 0 Å². The van der Waals surface area contributed by atoms with Crippen molar-refractivity contribution in [2.75, 3.05) is 13.1 Å². The van der Waals surface area contributed by atoms with Crippen LogP contribution in [0.25, 0.3) is 0 Å². The van der Waals surface area contributed by atoms with E-state index in [1.54, 1.807) is 0 Å². The van der Waals surface area contributed by atoms with Crippen LogP contribution in [0.2, 0.25) is 0 Å². The molecule has 0 aromatic carbocycles. The van der Waals surface area contributed by atoms with Crippen molar-refractivity contribution in [3.63, 3.8) is 0 Å². The minimum absolute atomic E-state index is 0. The van der Waals surface area contributed by atoms with Gasteiger partial charge in [-0.3, -0.25) is 0 Å². The largest absolute Gasteiger partial charge is 0.482 e. The molecule has 1 aliphatic heterocycles. The average molecular weight is 102 g/mol. The molecule has 7 heavy (non-hydrogen) atoms. The zero-order valence-electron chi connectivity index (χ0n) is 4.09. The van der Waals surface area contributed by atoms with E-state index in [2.05, 4.69) is 5.32 Å². The first-order chi connectivity index (χ1) is 3.41. The van der Waals surface area contributed by atoms with E-state index < -0.39 is 0 Å². The van der Waals surface area contributed by atoms with Crippen molar-refractivity contribution < 1.29 is 10.0 Å². The summed E-state index contributed by atoms with van der Waals surface area (Å²) >= 11 is 0. The Morgan fingerprint density at radius 3 is 1.43 bits per heavy atom. The van der Waals surface area contributed by atoms with E-state index in [9.17, 15) is 0 Å². The molecule has 1 aliphatic rings. The van der Waals surface area contributed by atoms with Gasteiger partial charge in [0.25, 0.3) is 0 Å². The maximum absolute atomic E-state index is 7.00. The van der Waals surface area contributed by atoms with Crippen LogP contribution in [0, 0.1) is 0 Å². The van der Waals surface area contributed by atoms with E-state index in [0.29, 0.717) is 0 Å². The second-order valence-electron chi connectivity index (χ2n) is 1.22. The van der Waals surface area contributed by atoms with Gasteiger partial charge in [0.1, 0.15) is 0 Å². The molecular formula is C3H9BNO2. The molecule has 0 saturated carbocycles. The normalized spacial score (nSPS) is 15.7. The van der Waals surface area contributed by atoms with Crippen molar-refractivity contribution in [1.82, 2.24) is 5.32 Å². The Hall–Kier alpha value is -0.0551. The summed E-state index contributed by atoms with van der Waals surface area (Å²) in [6.45, 7) is 2.50.